The molecule has 2 amide bonds. The van der Waals surface area contributed by atoms with E-state index in [1.54, 1.807) is 12.1 Å². The molecule has 2 N–H and O–H groups in total. The number of nitrogens with one attached hydrogen (secondary N) is 2. The summed E-state index contributed by atoms with van der Waals surface area (Å²) in [7, 11) is 0. The number of anilines is 1. The number of unbranched alkanes of at least 4 members (excludes halogenated alkanes) is 1. The van der Waals surface area contributed by atoms with Gasteiger partial charge in [0.1, 0.15) is 0 Å². The Bertz CT molecular complexity index is 734. The summed E-state index contributed by atoms with van der Waals surface area (Å²) < 4.78 is 0. The third kappa shape index (κ3) is 7.47. The number of carbonyl (C=O) groups is 2. The van der Waals surface area contributed by atoms with Gasteiger partial charge < -0.3 is 10.6 Å². The van der Waals surface area contributed by atoms with Crippen molar-refractivity contribution in [3.05, 3.63) is 65.7 Å². The predicted molar refractivity (Wildman–Crippen MR) is 114 cm³/mol. The SMILES string of the molecule is CCCCSCCC(=O)NC(C)c1cccc(NC(=O)c2ccccc2)c1. The van der Waals surface area contributed by atoms with E-state index in [4.69, 9.17) is 0 Å². The van der Waals surface area contributed by atoms with Gasteiger partial charge in [0.25, 0.3) is 5.91 Å². The quantitative estimate of drug-likeness (QED) is 0.564. The van der Waals surface area contributed by atoms with Crippen LogP contribution in [0.3, 0.4) is 0 Å². The Morgan fingerprint density at radius 1 is 1.04 bits per heavy atom. The molecule has 2 rings (SSSR count). The van der Waals surface area contributed by atoms with E-state index in [1.807, 2.05) is 61.2 Å². The van der Waals surface area contributed by atoms with Crippen molar-refractivity contribution >= 4 is 29.3 Å². The van der Waals surface area contributed by atoms with Gasteiger partial charge in [-0.05, 0) is 48.9 Å². The van der Waals surface area contributed by atoms with Crippen LogP contribution in [-0.4, -0.2) is 23.3 Å². The van der Waals surface area contributed by atoms with Crippen LogP contribution < -0.4 is 10.6 Å². The molecule has 1 unspecified atom stereocenters. The van der Waals surface area contributed by atoms with Crippen LogP contribution in [0.2, 0.25) is 0 Å². The Balaban J connectivity index is 1.86. The maximum atomic E-state index is 12.3. The van der Waals surface area contributed by atoms with Gasteiger partial charge in [-0.15, -0.1) is 0 Å². The van der Waals surface area contributed by atoms with Crippen LogP contribution in [0, 0.1) is 0 Å². The lowest BCUT2D eigenvalue weighted by atomic mass is 10.1. The van der Waals surface area contributed by atoms with Crippen molar-refractivity contribution in [2.45, 2.75) is 39.2 Å². The molecule has 0 aliphatic rings. The number of carbonyl (C=O) groups excluding carboxylic acids is 2. The Labute approximate surface area is 166 Å². The third-order valence-electron chi connectivity index (χ3n) is 4.17. The summed E-state index contributed by atoms with van der Waals surface area (Å²) in [6.45, 7) is 4.13. The highest BCUT2D eigenvalue weighted by molar-refractivity contribution is 7.99. The summed E-state index contributed by atoms with van der Waals surface area (Å²) >= 11 is 1.83. The first-order valence-electron chi connectivity index (χ1n) is 9.43. The van der Waals surface area contributed by atoms with Crippen molar-refractivity contribution in [2.75, 3.05) is 16.8 Å². The van der Waals surface area contributed by atoms with Crippen molar-refractivity contribution in [3.63, 3.8) is 0 Å². The average Bonchev–Trinajstić information content (AvgIpc) is 2.68. The molecule has 27 heavy (non-hydrogen) atoms. The van der Waals surface area contributed by atoms with E-state index >= 15 is 0 Å². The lowest BCUT2D eigenvalue weighted by molar-refractivity contribution is -0.121. The zero-order valence-corrected chi connectivity index (χ0v) is 16.9. The normalized spacial score (nSPS) is 11.6. The highest BCUT2D eigenvalue weighted by atomic mass is 32.2. The fraction of sp³-hybridized carbons (Fsp3) is 0.364. The summed E-state index contributed by atoms with van der Waals surface area (Å²) in [6.07, 6.45) is 2.92. The van der Waals surface area contributed by atoms with Gasteiger partial charge in [-0.25, -0.2) is 0 Å². The molecule has 0 spiro atoms. The van der Waals surface area contributed by atoms with Crippen LogP contribution in [0.1, 0.15) is 55.1 Å². The lowest BCUT2D eigenvalue weighted by Crippen LogP contribution is -2.27. The largest absolute Gasteiger partial charge is 0.350 e. The first kappa shape index (κ1) is 21.0. The molecule has 0 radical (unpaired) electrons. The topological polar surface area (TPSA) is 58.2 Å². The molecule has 0 aliphatic carbocycles. The first-order valence-corrected chi connectivity index (χ1v) is 10.6. The van der Waals surface area contributed by atoms with Crippen molar-refractivity contribution in [1.82, 2.24) is 5.32 Å². The Morgan fingerprint density at radius 2 is 1.81 bits per heavy atom. The smallest absolute Gasteiger partial charge is 0.255 e. The molecule has 0 aliphatic heterocycles. The second-order valence-corrected chi connectivity index (χ2v) is 7.68. The predicted octanol–water partition coefficient (Wildman–Crippen LogP) is 5.04. The molecule has 0 saturated carbocycles. The molecular weight excluding hydrogens is 356 g/mol. The van der Waals surface area contributed by atoms with E-state index in [-0.39, 0.29) is 17.9 Å². The molecule has 144 valence electrons. The van der Waals surface area contributed by atoms with Crippen molar-refractivity contribution in [2.24, 2.45) is 0 Å². The zero-order chi connectivity index (χ0) is 19.5. The summed E-state index contributed by atoms with van der Waals surface area (Å²) in [5.41, 5.74) is 2.30. The molecule has 1 atom stereocenters. The summed E-state index contributed by atoms with van der Waals surface area (Å²) in [5, 5.41) is 5.94. The van der Waals surface area contributed by atoms with E-state index in [2.05, 4.69) is 17.6 Å². The maximum absolute atomic E-state index is 12.3. The van der Waals surface area contributed by atoms with Gasteiger partial charge in [0, 0.05) is 23.4 Å². The second kappa shape index (κ2) is 11.4. The van der Waals surface area contributed by atoms with E-state index in [1.165, 1.54) is 12.8 Å². The first-order chi connectivity index (χ1) is 13.1. The van der Waals surface area contributed by atoms with Crippen LogP contribution in [0.4, 0.5) is 5.69 Å². The van der Waals surface area contributed by atoms with Crippen molar-refractivity contribution < 1.29 is 9.59 Å². The van der Waals surface area contributed by atoms with Gasteiger partial charge in [0.15, 0.2) is 0 Å². The molecule has 0 fully saturated rings. The lowest BCUT2D eigenvalue weighted by Gasteiger charge is -2.16. The summed E-state index contributed by atoms with van der Waals surface area (Å²) in [6, 6.07) is 16.6. The molecule has 0 bridgehead atoms. The molecule has 4 nitrogen and oxygen atoms in total. The number of rotatable bonds is 10. The molecule has 2 aromatic rings. The Kier molecular flexibility index (Phi) is 8.92. The average molecular weight is 385 g/mol. The van der Waals surface area contributed by atoms with E-state index in [0.717, 1.165) is 22.8 Å². The van der Waals surface area contributed by atoms with Gasteiger partial charge in [-0.1, -0.05) is 43.7 Å². The van der Waals surface area contributed by atoms with Crippen LogP contribution in [0.5, 0.6) is 0 Å². The minimum atomic E-state index is -0.145. The van der Waals surface area contributed by atoms with Crippen molar-refractivity contribution in [1.29, 1.82) is 0 Å². The zero-order valence-electron chi connectivity index (χ0n) is 16.0. The van der Waals surface area contributed by atoms with Crippen LogP contribution >= 0.6 is 11.8 Å². The van der Waals surface area contributed by atoms with Crippen molar-refractivity contribution in [3.8, 4) is 0 Å². The maximum Gasteiger partial charge on any atom is 0.255 e. The number of amides is 2. The molecule has 0 saturated heterocycles. The van der Waals surface area contributed by atoms with E-state index in [9.17, 15) is 9.59 Å². The van der Waals surface area contributed by atoms with Crippen LogP contribution in [0.15, 0.2) is 54.6 Å². The molecule has 5 heteroatoms. The van der Waals surface area contributed by atoms with Gasteiger partial charge in [0.2, 0.25) is 5.91 Å². The number of hydrogen-bond acceptors (Lipinski definition) is 3. The minimum Gasteiger partial charge on any atom is -0.350 e. The fourth-order valence-electron chi connectivity index (χ4n) is 2.59. The number of benzene rings is 2. The van der Waals surface area contributed by atoms with Gasteiger partial charge in [0.05, 0.1) is 6.04 Å². The minimum absolute atomic E-state index is 0.0604. The van der Waals surface area contributed by atoms with Gasteiger partial charge in [-0.2, -0.15) is 11.8 Å². The van der Waals surface area contributed by atoms with Gasteiger partial charge >= 0.3 is 0 Å². The monoisotopic (exact) mass is 384 g/mol. The number of hydrogen-bond donors (Lipinski definition) is 2. The Morgan fingerprint density at radius 3 is 2.56 bits per heavy atom. The fourth-order valence-corrected chi connectivity index (χ4v) is 3.62. The third-order valence-corrected chi connectivity index (χ3v) is 5.24. The summed E-state index contributed by atoms with van der Waals surface area (Å²) in [4.78, 5) is 24.4. The molecule has 0 heterocycles. The molecular formula is C22H28N2O2S. The van der Waals surface area contributed by atoms with Crippen LogP contribution in [0.25, 0.3) is 0 Å². The highest BCUT2D eigenvalue weighted by Gasteiger charge is 2.11. The highest BCUT2D eigenvalue weighted by Crippen LogP contribution is 2.18. The van der Waals surface area contributed by atoms with E-state index in [0.29, 0.717) is 12.0 Å². The number of thioether (sulfide) groups is 1. The molecule has 2 aromatic carbocycles. The van der Waals surface area contributed by atoms with Crippen LogP contribution in [-0.2, 0) is 4.79 Å². The Hall–Kier alpha value is -2.27. The standard InChI is InChI=1S/C22H28N2O2S/c1-3-4-14-27-15-13-21(25)23-17(2)19-11-8-12-20(16-19)24-22(26)18-9-6-5-7-10-18/h5-12,16-17H,3-4,13-15H2,1-2H3,(H,23,25)(H,24,26). The second-order valence-electron chi connectivity index (χ2n) is 6.45. The molecule has 0 aromatic heterocycles. The van der Waals surface area contributed by atoms with Gasteiger partial charge in [-0.3, -0.25) is 9.59 Å². The summed E-state index contributed by atoms with van der Waals surface area (Å²) in [5.74, 6) is 1.88. The van der Waals surface area contributed by atoms with E-state index < -0.39 is 0 Å².